The summed E-state index contributed by atoms with van der Waals surface area (Å²) in [5.41, 5.74) is 1.98. The first-order valence-electron chi connectivity index (χ1n) is 7.40. The second-order valence-electron chi connectivity index (χ2n) is 5.27. The average Bonchev–Trinajstić information content (AvgIpc) is 3.09. The number of aryl methyl sites for hydroxylation is 2. The van der Waals surface area contributed by atoms with Crippen LogP contribution < -0.4 is 5.32 Å². The Balaban J connectivity index is 1.77. The van der Waals surface area contributed by atoms with Crippen LogP contribution in [0.3, 0.4) is 0 Å². The number of thioether (sulfide) groups is 1. The number of nitrogens with zero attached hydrogens (tertiary/aromatic N) is 3. The molecule has 0 saturated heterocycles. The van der Waals surface area contributed by atoms with Gasteiger partial charge in [-0.2, -0.15) is 0 Å². The molecule has 3 aromatic rings. The van der Waals surface area contributed by atoms with Crippen LogP contribution >= 0.6 is 11.8 Å². The maximum Gasteiger partial charge on any atom is 0.239 e. The number of carbonyl (C=O) groups is 1. The standard InChI is InChI=1S/C16H18N4O2S/c1-4-13(15(21)18-14-9-10(2)22-19-14)23-16-17-11-7-5-6-8-12(11)20(16)3/h5-9,13H,4H2,1-3H3,(H,18,19,21). The molecule has 3 rings (SSSR count). The van der Waals surface area contributed by atoms with Crippen LogP contribution in [0.15, 0.2) is 40.0 Å². The number of aromatic nitrogens is 3. The normalized spacial score (nSPS) is 12.5. The van der Waals surface area contributed by atoms with Gasteiger partial charge >= 0.3 is 0 Å². The lowest BCUT2D eigenvalue weighted by Gasteiger charge is -2.13. The van der Waals surface area contributed by atoms with Crippen LogP contribution in [0.2, 0.25) is 0 Å². The molecule has 120 valence electrons. The van der Waals surface area contributed by atoms with Gasteiger partial charge in [0.25, 0.3) is 0 Å². The van der Waals surface area contributed by atoms with Gasteiger partial charge in [-0.15, -0.1) is 0 Å². The Morgan fingerprint density at radius 2 is 2.22 bits per heavy atom. The van der Waals surface area contributed by atoms with E-state index < -0.39 is 0 Å². The molecule has 1 N–H and O–H groups in total. The van der Waals surface area contributed by atoms with Crippen LogP contribution in [0.5, 0.6) is 0 Å². The maximum atomic E-state index is 12.4. The first-order chi connectivity index (χ1) is 11.1. The quantitative estimate of drug-likeness (QED) is 0.726. The third-order valence-corrected chi connectivity index (χ3v) is 4.94. The van der Waals surface area contributed by atoms with Crippen molar-refractivity contribution in [2.75, 3.05) is 5.32 Å². The van der Waals surface area contributed by atoms with E-state index in [-0.39, 0.29) is 11.2 Å². The molecule has 0 aliphatic rings. The van der Waals surface area contributed by atoms with E-state index in [1.54, 1.807) is 13.0 Å². The zero-order valence-corrected chi connectivity index (χ0v) is 14.1. The number of benzene rings is 1. The molecule has 0 aliphatic carbocycles. The van der Waals surface area contributed by atoms with Crippen molar-refractivity contribution in [3.63, 3.8) is 0 Å². The minimum absolute atomic E-state index is 0.0992. The van der Waals surface area contributed by atoms with Crippen molar-refractivity contribution in [3.8, 4) is 0 Å². The number of anilines is 1. The van der Waals surface area contributed by atoms with Crippen LogP contribution in [0.4, 0.5) is 5.82 Å². The molecule has 2 aromatic heterocycles. The van der Waals surface area contributed by atoms with Gasteiger partial charge in [0.1, 0.15) is 5.76 Å². The fraction of sp³-hybridized carbons (Fsp3) is 0.312. The Kier molecular flexibility index (Phi) is 4.38. The van der Waals surface area contributed by atoms with Gasteiger partial charge in [0.2, 0.25) is 5.91 Å². The van der Waals surface area contributed by atoms with Gasteiger partial charge in [-0.25, -0.2) is 4.98 Å². The molecule has 1 amide bonds. The van der Waals surface area contributed by atoms with E-state index in [0.29, 0.717) is 18.0 Å². The third kappa shape index (κ3) is 3.24. The van der Waals surface area contributed by atoms with Gasteiger partial charge < -0.3 is 14.4 Å². The Morgan fingerprint density at radius 1 is 1.43 bits per heavy atom. The molecule has 0 radical (unpaired) electrons. The van der Waals surface area contributed by atoms with Crippen molar-refractivity contribution in [2.24, 2.45) is 7.05 Å². The summed E-state index contributed by atoms with van der Waals surface area (Å²) >= 11 is 1.46. The number of amides is 1. The Morgan fingerprint density at radius 3 is 2.87 bits per heavy atom. The van der Waals surface area contributed by atoms with Crippen LogP contribution in [0, 0.1) is 6.92 Å². The fourth-order valence-corrected chi connectivity index (χ4v) is 3.30. The molecule has 0 saturated carbocycles. The molecule has 0 aliphatic heterocycles. The summed E-state index contributed by atoms with van der Waals surface area (Å²) in [6.07, 6.45) is 0.691. The molecule has 1 atom stereocenters. The van der Waals surface area contributed by atoms with Crippen LogP contribution in [0.25, 0.3) is 11.0 Å². The summed E-state index contributed by atoms with van der Waals surface area (Å²) in [5, 5.41) is 7.16. The van der Waals surface area contributed by atoms with Crippen molar-refractivity contribution in [2.45, 2.75) is 30.7 Å². The zero-order chi connectivity index (χ0) is 16.4. The average molecular weight is 330 g/mol. The Bertz CT molecular complexity index is 840. The first-order valence-corrected chi connectivity index (χ1v) is 8.28. The summed E-state index contributed by atoms with van der Waals surface area (Å²) in [4.78, 5) is 17.0. The van der Waals surface area contributed by atoms with Gasteiger partial charge in [-0.05, 0) is 25.5 Å². The topological polar surface area (TPSA) is 73.0 Å². The van der Waals surface area contributed by atoms with Gasteiger partial charge in [0.05, 0.1) is 16.3 Å². The monoisotopic (exact) mass is 330 g/mol. The molecular formula is C16H18N4O2S. The van der Waals surface area contributed by atoms with Gasteiger partial charge in [0.15, 0.2) is 11.0 Å². The molecule has 23 heavy (non-hydrogen) atoms. The summed E-state index contributed by atoms with van der Waals surface area (Å²) in [6, 6.07) is 9.63. The highest BCUT2D eigenvalue weighted by atomic mass is 32.2. The number of imidazole rings is 1. The number of nitrogens with one attached hydrogen (secondary N) is 1. The minimum atomic E-state index is -0.248. The lowest BCUT2D eigenvalue weighted by atomic mass is 10.3. The molecule has 2 heterocycles. The largest absolute Gasteiger partial charge is 0.360 e. The van der Waals surface area contributed by atoms with Crippen molar-refractivity contribution in [1.82, 2.24) is 14.7 Å². The number of rotatable bonds is 5. The zero-order valence-electron chi connectivity index (χ0n) is 13.2. The van der Waals surface area contributed by atoms with E-state index >= 15 is 0 Å². The minimum Gasteiger partial charge on any atom is -0.360 e. The molecule has 6 nitrogen and oxygen atoms in total. The van der Waals surface area contributed by atoms with Gasteiger partial charge in [-0.1, -0.05) is 36.0 Å². The highest BCUT2D eigenvalue weighted by Crippen LogP contribution is 2.28. The van der Waals surface area contributed by atoms with Crippen LogP contribution in [0.1, 0.15) is 19.1 Å². The Hall–Kier alpha value is -2.28. The predicted molar refractivity (Wildman–Crippen MR) is 90.5 cm³/mol. The van der Waals surface area contributed by atoms with E-state index in [2.05, 4.69) is 15.5 Å². The van der Waals surface area contributed by atoms with E-state index in [0.717, 1.165) is 16.2 Å². The first kappa shape index (κ1) is 15.6. The molecule has 1 unspecified atom stereocenters. The number of hydrogen-bond acceptors (Lipinski definition) is 5. The molecule has 0 bridgehead atoms. The SMILES string of the molecule is CCC(Sc1nc2ccccc2n1C)C(=O)Nc1cc(C)on1. The van der Waals surface area contributed by atoms with Gasteiger partial charge in [0, 0.05) is 13.1 Å². The second-order valence-corrected chi connectivity index (χ2v) is 6.44. The van der Waals surface area contributed by atoms with Crippen molar-refractivity contribution in [3.05, 3.63) is 36.1 Å². The van der Waals surface area contributed by atoms with Crippen LogP contribution in [-0.2, 0) is 11.8 Å². The molecule has 7 heteroatoms. The summed E-state index contributed by atoms with van der Waals surface area (Å²) in [6.45, 7) is 3.77. The van der Waals surface area contributed by atoms with E-state index in [9.17, 15) is 4.79 Å². The highest BCUT2D eigenvalue weighted by molar-refractivity contribution is 8.00. The lowest BCUT2D eigenvalue weighted by molar-refractivity contribution is -0.115. The highest BCUT2D eigenvalue weighted by Gasteiger charge is 2.22. The molecule has 0 fully saturated rings. The van der Waals surface area contributed by atoms with E-state index in [1.807, 2.05) is 42.8 Å². The number of para-hydroxylation sites is 2. The fourth-order valence-electron chi connectivity index (χ4n) is 2.31. The maximum absolute atomic E-state index is 12.4. The predicted octanol–water partition coefficient (Wildman–Crippen LogP) is 3.38. The van der Waals surface area contributed by atoms with Crippen molar-refractivity contribution in [1.29, 1.82) is 0 Å². The number of carbonyl (C=O) groups excluding carboxylic acids is 1. The molecule has 1 aromatic carbocycles. The van der Waals surface area contributed by atoms with Gasteiger partial charge in [-0.3, -0.25) is 4.79 Å². The number of fused-ring (bicyclic) bond motifs is 1. The van der Waals surface area contributed by atoms with Crippen molar-refractivity contribution < 1.29 is 9.32 Å². The van der Waals surface area contributed by atoms with Crippen molar-refractivity contribution >= 4 is 34.5 Å². The van der Waals surface area contributed by atoms with Crippen LogP contribution in [-0.4, -0.2) is 25.9 Å². The summed E-state index contributed by atoms with van der Waals surface area (Å²) < 4.78 is 6.98. The molecular weight excluding hydrogens is 312 g/mol. The summed E-state index contributed by atoms with van der Waals surface area (Å²) in [7, 11) is 1.96. The Labute approximate surface area is 138 Å². The lowest BCUT2D eigenvalue weighted by Crippen LogP contribution is -2.25. The second kappa shape index (κ2) is 6.45. The van der Waals surface area contributed by atoms with E-state index in [1.165, 1.54) is 11.8 Å². The summed E-state index contributed by atoms with van der Waals surface area (Å²) in [5.74, 6) is 1.01. The smallest absolute Gasteiger partial charge is 0.239 e. The van der Waals surface area contributed by atoms with E-state index in [4.69, 9.17) is 4.52 Å². The molecule has 0 spiro atoms. The third-order valence-electron chi connectivity index (χ3n) is 3.54. The number of hydrogen-bond donors (Lipinski definition) is 1.